The molecule has 3 aromatic rings. The molecule has 25 heavy (non-hydrogen) atoms. The fraction of sp³-hybridized carbons (Fsp3) is 0.105. The maximum Gasteiger partial charge on any atom is 0.281 e. The highest BCUT2D eigenvalue weighted by molar-refractivity contribution is 6.36. The lowest BCUT2D eigenvalue weighted by Gasteiger charge is -2.10. The van der Waals surface area contributed by atoms with Gasteiger partial charge in [0.05, 0.1) is 23.2 Å². The first-order chi connectivity index (χ1) is 12.3. The molecule has 6 heteroatoms. The largest absolute Gasteiger partial charge is 0.463 e. The molecule has 3 heterocycles. The minimum atomic E-state index is -0.193. The molecule has 1 amide bonds. The number of nitrogens with zero attached hydrogens (tertiary/aromatic N) is 4. The van der Waals surface area contributed by atoms with Crippen LogP contribution < -0.4 is 5.01 Å². The normalized spacial score (nSPS) is 15.9. The molecule has 0 N–H and O–H groups in total. The number of carbonyl (C=O) groups excluding carboxylic acids is 1. The van der Waals surface area contributed by atoms with E-state index in [0.717, 1.165) is 12.2 Å². The third-order valence-corrected chi connectivity index (χ3v) is 3.97. The van der Waals surface area contributed by atoms with Crippen LogP contribution in [0.4, 0.5) is 5.69 Å². The molecule has 2 aromatic heterocycles. The highest BCUT2D eigenvalue weighted by Crippen LogP contribution is 2.27. The number of hydrogen-bond donors (Lipinski definition) is 0. The van der Waals surface area contributed by atoms with E-state index in [1.54, 1.807) is 24.6 Å². The molecule has 0 aliphatic carbocycles. The Morgan fingerprint density at radius 2 is 1.96 bits per heavy atom. The predicted octanol–water partition coefficient (Wildman–Crippen LogP) is 3.33. The predicted molar refractivity (Wildman–Crippen MR) is 95.1 cm³/mol. The average molecular weight is 332 g/mol. The van der Waals surface area contributed by atoms with E-state index in [1.807, 2.05) is 54.1 Å². The Labute approximate surface area is 144 Å². The molecule has 0 atom stereocenters. The summed E-state index contributed by atoms with van der Waals surface area (Å²) in [7, 11) is 0. The summed E-state index contributed by atoms with van der Waals surface area (Å²) in [6.07, 6.45) is 5.10. The maximum atomic E-state index is 13.0. The van der Waals surface area contributed by atoms with E-state index in [1.165, 1.54) is 5.01 Å². The van der Waals surface area contributed by atoms with Gasteiger partial charge >= 0.3 is 0 Å². The Balaban J connectivity index is 1.82. The average Bonchev–Trinajstić information content (AvgIpc) is 3.38. The standard InChI is InChI=1S/C19H16N4O2/c1-2-22-15(10-11-20-22)13-16-18(17-9-6-12-25-17)21-23(19(16)24)14-7-4-3-5-8-14/h3-13H,2H2,1H3. The van der Waals surface area contributed by atoms with Crippen LogP contribution in [-0.4, -0.2) is 21.4 Å². The molecule has 0 radical (unpaired) electrons. The molecule has 0 spiro atoms. The zero-order valence-corrected chi connectivity index (χ0v) is 13.7. The smallest absolute Gasteiger partial charge is 0.281 e. The Morgan fingerprint density at radius 3 is 2.68 bits per heavy atom. The minimum absolute atomic E-state index is 0.193. The third-order valence-electron chi connectivity index (χ3n) is 3.97. The van der Waals surface area contributed by atoms with E-state index in [2.05, 4.69) is 10.2 Å². The molecule has 0 fully saturated rings. The maximum absolute atomic E-state index is 13.0. The van der Waals surface area contributed by atoms with Gasteiger partial charge in [0, 0.05) is 12.7 Å². The van der Waals surface area contributed by atoms with Crippen LogP contribution in [0.5, 0.6) is 0 Å². The molecule has 0 saturated carbocycles. The van der Waals surface area contributed by atoms with Gasteiger partial charge in [-0.1, -0.05) is 18.2 Å². The highest BCUT2D eigenvalue weighted by Gasteiger charge is 2.33. The first kappa shape index (κ1) is 15.1. The van der Waals surface area contributed by atoms with Gasteiger partial charge in [0.1, 0.15) is 5.71 Å². The summed E-state index contributed by atoms with van der Waals surface area (Å²) in [5.74, 6) is 0.363. The SMILES string of the molecule is CCn1nccc1C=C1C(=O)N(c2ccccc2)N=C1c1ccco1. The van der Waals surface area contributed by atoms with Gasteiger partial charge in [-0.15, -0.1) is 0 Å². The third kappa shape index (κ3) is 2.67. The highest BCUT2D eigenvalue weighted by atomic mass is 16.3. The molecular formula is C19H16N4O2. The lowest BCUT2D eigenvalue weighted by molar-refractivity contribution is -0.114. The van der Waals surface area contributed by atoms with Crippen molar-refractivity contribution in [2.45, 2.75) is 13.5 Å². The Morgan fingerprint density at radius 1 is 1.12 bits per heavy atom. The van der Waals surface area contributed by atoms with Gasteiger partial charge in [-0.2, -0.15) is 15.2 Å². The fourth-order valence-corrected chi connectivity index (χ4v) is 2.76. The van der Waals surface area contributed by atoms with Crippen LogP contribution in [0.15, 0.2) is 76.1 Å². The number of furan rings is 1. The summed E-state index contributed by atoms with van der Waals surface area (Å²) in [6, 6.07) is 14.8. The number of para-hydroxylation sites is 1. The van der Waals surface area contributed by atoms with Gasteiger partial charge in [-0.3, -0.25) is 9.48 Å². The van der Waals surface area contributed by atoms with Crippen molar-refractivity contribution < 1.29 is 9.21 Å². The Kier molecular flexibility index (Phi) is 3.78. The van der Waals surface area contributed by atoms with Crippen molar-refractivity contribution in [1.29, 1.82) is 0 Å². The first-order valence-corrected chi connectivity index (χ1v) is 8.04. The Bertz CT molecular complexity index is 952. The molecule has 1 aliphatic heterocycles. The molecule has 6 nitrogen and oxygen atoms in total. The van der Waals surface area contributed by atoms with Gasteiger partial charge in [-0.25, -0.2) is 0 Å². The number of benzene rings is 1. The summed E-state index contributed by atoms with van der Waals surface area (Å²) in [4.78, 5) is 13.0. The van der Waals surface area contributed by atoms with E-state index in [9.17, 15) is 4.79 Å². The van der Waals surface area contributed by atoms with Gasteiger partial charge in [0.25, 0.3) is 5.91 Å². The molecule has 1 aromatic carbocycles. The van der Waals surface area contributed by atoms with Crippen molar-refractivity contribution in [2.24, 2.45) is 5.10 Å². The number of rotatable bonds is 4. The lowest BCUT2D eigenvalue weighted by atomic mass is 10.1. The summed E-state index contributed by atoms with van der Waals surface area (Å²) >= 11 is 0. The molecule has 0 saturated heterocycles. The fourth-order valence-electron chi connectivity index (χ4n) is 2.76. The summed E-state index contributed by atoms with van der Waals surface area (Å²) in [6.45, 7) is 2.72. The van der Waals surface area contributed by atoms with E-state index in [-0.39, 0.29) is 5.91 Å². The second-order valence-electron chi connectivity index (χ2n) is 5.51. The number of carbonyl (C=O) groups is 1. The second kappa shape index (κ2) is 6.24. The zero-order valence-electron chi connectivity index (χ0n) is 13.7. The monoisotopic (exact) mass is 332 g/mol. The number of amides is 1. The lowest BCUT2D eigenvalue weighted by Crippen LogP contribution is -2.21. The van der Waals surface area contributed by atoms with E-state index in [4.69, 9.17) is 4.42 Å². The van der Waals surface area contributed by atoms with Crippen molar-refractivity contribution in [1.82, 2.24) is 9.78 Å². The van der Waals surface area contributed by atoms with Crippen LogP contribution in [0, 0.1) is 0 Å². The van der Waals surface area contributed by atoms with E-state index in [0.29, 0.717) is 22.7 Å². The van der Waals surface area contributed by atoms with Crippen molar-refractivity contribution in [3.63, 3.8) is 0 Å². The van der Waals surface area contributed by atoms with Gasteiger partial charge in [0.2, 0.25) is 0 Å². The molecular weight excluding hydrogens is 316 g/mol. The van der Waals surface area contributed by atoms with Gasteiger partial charge in [0.15, 0.2) is 5.76 Å². The molecule has 1 aliphatic rings. The van der Waals surface area contributed by atoms with Crippen molar-refractivity contribution >= 4 is 23.4 Å². The van der Waals surface area contributed by atoms with Crippen LogP contribution in [0.1, 0.15) is 18.4 Å². The summed E-state index contributed by atoms with van der Waals surface area (Å²) in [5.41, 5.74) is 2.56. The second-order valence-corrected chi connectivity index (χ2v) is 5.51. The quantitative estimate of drug-likeness (QED) is 0.688. The van der Waals surface area contributed by atoms with Crippen molar-refractivity contribution in [3.05, 3.63) is 78.0 Å². The van der Waals surface area contributed by atoms with Crippen LogP contribution in [0.3, 0.4) is 0 Å². The number of anilines is 1. The summed E-state index contributed by atoms with van der Waals surface area (Å²) < 4.78 is 7.31. The molecule has 0 bridgehead atoms. The van der Waals surface area contributed by atoms with Crippen LogP contribution in [-0.2, 0) is 11.3 Å². The van der Waals surface area contributed by atoms with E-state index >= 15 is 0 Å². The van der Waals surface area contributed by atoms with Crippen LogP contribution in [0.2, 0.25) is 0 Å². The number of aryl methyl sites for hydroxylation is 1. The zero-order chi connectivity index (χ0) is 17.2. The first-order valence-electron chi connectivity index (χ1n) is 8.04. The Hall–Kier alpha value is -3.41. The summed E-state index contributed by atoms with van der Waals surface area (Å²) in [5, 5.41) is 10.2. The molecule has 124 valence electrons. The topological polar surface area (TPSA) is 63.6 Å². The van der Waals surface area contributed by atoms with Crippen molar-refractivity contribution in [3.8, 4) is 0 Å². The van der Waals surface area contributed by atoms with E-state index < -0.39 is 0 Å². The number of hydrogen-bond acceptors (Lipinski definition) is 4. The van der Waals surface area contributed by atoms with Crippen molar-refractivity contribution in [2.75, 3.05) is 5.01 Å². The van der Waals surface area contributed by atoms with Gasteiger partial charge in [-0.05, 0) is 43.3 Å². The number of aromatic nitrogens is 2. The molecule has 0 unspecified atom stereocenters. The van der Waals surface area contributed by atoms with Crippen LogP contribution in [0.25, 0.3) is 6.08 Å². The minimum Gasteiger partial charge on any atom is -0.463 e. The molecule has 4 rings (SSSR count). The van der Waals surface area contributed by atoms with Crippen LogP contribution >= 0.6 is 0 Å². The van der Waals surface area contributed by atoms with Gasteiger partial charge < -0.3 is 4.42 Å². The number of hydrazone groups is 1.